The molecule has 0 aromatic rings. The summed E-state index contributed by atoms with van der Waals surface area (Å²) in [4.78, 5) is 0. The van der Waals surface area contributed by atoms with E-state index in [1.807, 2.05) is 0 Å². The van der Waals surface area contributed by atoms with Crippen molar-refractivity contribution in [3.8, 4) is 0 Å². The van der Waals surface area contributed by atoms with Gasteiger partial charge in [-0.1, -0.05) is 19.3 Å². The molecule has 0 spiro atoms. The highest BCUT2D eigenvalue weighted by Gasteiger charge is 2.56. The Morgan fingerprint density at radius 3 is 1.34 bits per heavy atom. The quantitative estimate of drug-likeness (QED) is 0.157. The Morgan fingerprint density at radius 1 is 0.409 bits per heavy atom. The summed E-state index contributed by atoms with van der Waals surface area (Å²) in [7, 11) is 0. The maximum atomic E-state index is 11.4. The van der Waals surface area contributed by atoms with E-state index in [4.69, 9.17) is 0 Å². The molecule has 12 nitrogen and oxygen atoms in total. The topological polar surface area (TPSA) is 177 Å². The first-order valence-corrected chi connectivity index (χ1v) is 18.0. The first-order valence-electron chi connectivity index (χ1n) is 18.0. The molecule has 5 aliphatic heterocycles. The third kappa shape index (κ3) is 4.62. The van der Waals surface area contributed by atoms with Crippen LogP contribution in [-0.4, -0.2) is 88.0 Å². The zero-order chi connectivity index (χ0) is 29.7. The molecule has 18 atom stereocenters. The molecule has 0 amide bonds. The van der Waals surface area contributed by atoms with Crippen LogP contribution in [-0.2, 0) is 0 Å². The molecule has 0 aromatic carbocycles. The number of rotatable bonds is 0. The molecule has 246 valence electrons. The first kappa shape index (κ1) is 29.1. The van der Waals surface area contributed by atoms with Crippen molar-refractivity contribution in [3.63, 3.8) is 0 Å². The van der Waals surface area contributed by atoms with E-state index in [-0.39, 0.29) is 103 Å². The highest BCUT2D eigenvalue weighted by atomic mass is 16.3. The molecule has 8 fully saturated rings. The van der Waals surface area contributed by atoms with E-state index in [1.54, 1.807) is 0 Å². The average Bonchev–Trinajstić information content (AvgIpc) is 3.74. The standard InChI is InChI=1S/C32H54N8O4/c41-17-9-1-5-13-21(17)29-33-25(13)37-30-22-14(6-2-10-18(22)42)27(34-30)39-32-24-16(8-4-12-20(24)44)28(36-32)40-31-23-15(26(35-31)38-29)7-3-11-19(23)43/h13-23,25-31,33-44H,1-12H2. The third-order valence-electron chi connectivity index (χ3n) is 13.6. The highest BCUT2D eigenvalue weighted by Crippen LogP contribution is 2.45. The Hall–Kier alpha value is -1.06. The molecular weight excluding hydrogens is 560 g/mol. The van der Waals surface area contributed by atoms with E-state index in [1.165, 1.54) is 0 Å². The zero-order valence-corrected chi connectivity index (χ0v) is 25.7. The summed E-state index contributed by atoms with van der Waals surface area (Å²) < 4.78 is 0. The smallest absolute Gasteiger partial charge is 0.103 e. The van der Waals surface area contributed by atoms with Crippen LogP contribution in [0.25, 0.3) is 0 Å². The second-order valence-electron chi connectivity index (χ2n) is 15.7. The molecule has 44 heavy (non-hydrogen) atoms. The number of aliphatic hydroxyl groups is 4. The number of fused-ring (bicyclic) bond motifs is 19. The predicted octanol–water partition coefficient (Wildman–Crippen LogP) is -1.24. The molecule has 4 aliphatic carbocycles. The van der Waals surface area contributed by atoms with Crippen LogP contribution in [0.15, 0.2) is 11.4 Å². The van der Waals surface area contributed by atoms with Crippen LogP contribution in [0.5, 0.6) is 0 Å². The predicted molar refractivity (Wildman–Crippen MR) is 162 cm³/mol. The lowest BCUT2D eigenvalue weighted by Gasteiger charge is -2.38. The van der Waals surface area contributed by atoms with Crippen LogP contribution in [0, 0.1) is 41.4 Å². The Kier molecular flexibility index (Phi) is 7.46. The van der Waals surface area contributed by atoms with Gasteiger partial charge in [0.25, 0.3) is 0 Å². The van der Waals surface area contributed by atoms with Gasteiger partial charge in [0.1, 0.15) is 5.82 Å². The largest absolute Gasteiger partial charge is 0.393 e. The second kappa shape index (κ2) is 11.3. The molecule has 9 rings (SSSR count). The van der Waals surface area contributed by atoms with Gasteiger partial charge in [0.05, 0.1) is 67.6 Å². The van der Waals surface area contributed by atoms with Gasteiger partial charge in [-0.25, -0.2) is 0 Å². The Labute approximate surface area is 260 Å². The normalized spacial score (nSPS) is 56.6. The van der Waals surface area contributed by atoms with Crippen molar-refractivity contribution in [2.45, 2.75) is 145 Å². The van der Waals surface area contributed by atoms with Gasteiger partial charge in [-0.2, -0.15) is 0 Å². The molecule has 8 bridgehead atoms. The van der Waals surface area contributed by atoms with Crippen LogP contribution >= 0.6 is 0 Å². The Balaban J connectivity index is 1.10. The second-order valence-corrected chi connectivity index (χ2v) is 15.7. The molecule has 12 heteroatoms. The molecule has 18 unspecified atom stereocenters. The molecule has 0 aromatic heterocycles. The highest BCUT2D eigenvalue weighted by molar-refractivity contribution is 5.29. The number of hydrogen-bond acceptors (Lipinski definition) is 12. The van der Waals surface area contributed by atoms with Crippen molar-refractivity contribution in [1.82, 2.24) is 42.5 Å². The summed E-state index contributed by atoms with van der Waals surface area (Å²) in [5, 5.41) is 76.5. The minimum atomic E-state index is -0.478. The van der Waals surface area contributed by atoms with Gasteiger partial charge in [-0.15, -0.1) is 0 Å². The number of nitrogens with one attached hydrogen (secondary N) is 8. The maximum absolute atomic E-state index is 11.4. The Bertz CT molecular complexity index is 1130. The lowest BCUT2D eigenvalue weighted by molar-refractivity contribution is 0.0124. The monoisotopic (exact) mass is 614 g/mol. The van der Waals surface area contributed by atoms with Gasteiger partial charge >= 0.3 is 0 Å². The molecule has 5 heterocycles. The van der Waals surface area contributed by atoms with Gasteiger partial charge in [-0.3, -0.25) is 31.9 Å². The molecule has 9 aliphatic rings. The van der Waals surface area contributed by atoms with E-state index < -0.39 is 6.10 Å². The van der Waals surface area contributed by atoms with Crippen LogP contribution < -0.4 is 42.5 Å². The molecule has 4 saturated heterocycles. The van der Waals surface area contributed by atoms with E-state index in [0.717, 1.165) is 88.4 Å². The molecule has 4 saturated carbocycles. The number of aliphatic hydroxyl groups excluding tert-OH is 4. The SMILES string of the molecule is OC1CCCC2C1=C1NC2NC2NC(NC3NC(NC4NC(N1)C1CCCC(O)C41)C1CCCC(O)C31)C1CCCC(O)C21. The van der Waals surface area contributed by atoms with E-state index in [9.17, 15) is 20.4 Å². The van der Waals surface area contributed by atoms with Crippen molar-refractivity contribution in [2.75, 3.05) is 0 Å². The average molecular weight is 615 g/mol. The van der Waals surface area contributed by atoms with Crippen molar-refractivity contribution in [3.05, 3.63) is 11.4 Å². The minimum Gasteiger partial charge on any atom is -0.393 e. The fourth-order valence-electron chi connectivity index (χ4n) is 11.7. The Morgan fingerprint density at radius 2 is 0.818 bits per heavy atom. The summed E-state index contributed by atoms with van der Waals surface area (Å²) in [6.45, 7) is 0. The van der Waals surface area contributed by atoms with Gasteiger partial charge in [0.15, 0.2) is 0 Å². The maximum Gasteiger partial charge on any atom is 0.103 e. The van der Waals surface area contributed by atoms with Crippen LogP contribution in [0.1, 0.15) is 77.0 Å². The van der Waals surface area contributed by atoms with Gasteiger partial charge in [0, 0.05) is 35.2 Å². The first-order chi connectivity index (χ1) is 21.4. The van der Waals surface area contributed by atoms with Crippen LogP contribution in [0.4, 0.5) is 0 Å². The minimum absolute atomic E-state index is 0.00768. The fraction of sp³-hybridized carbons (Fsp3) is 0.938. The van der Waals surface area contributed by atoms with Crippen molar-refractivity contribution in [1.29, 1.82) is 0 Å². The fourth-order valence-corrected chi connectivity index (χ4v) is 11.7. The van der Waals surface area contributed by atoms with Gasteiger partial charge < -0.3 is 31.1 Å². The lowest BCUT2D eigenvalue weighted by Crippen LogP contribution is -2.61. The number of hydrogen-bond donors (Lipinski definition) is 12. The van der Waals surface area contributed by atoms with Crippen LogP contribution in [0.3, 0.4) is 0 Å². The van der Waals surface area contributed by atoms with Crippen molar-refractivity contribution < 1.29 is 20.4 Å². The molecule has 12 N–H and O–H groups in total. The lowest BCUT2D eigenvalue weighted by atomic mass is 9.75. The summed E-state index contributed by atoms with van der Waals surface area (Å²) >= 11 is 0. The van der Waals surface area contributed by atoms with Gasteiger partial charge in [-0.05, 0) is 69.6 Å². The zero-order valence-electron chi connectivity index (χ0n) is 25.7. The summed E-state index contributed by atoms with van der Waals surface area (Å²) in [6, 6.07) is 0. The van der Waals surface area contributed by atoms with E-state index in [2.05, 4.69) is 42.5 Å². The van der Waals surface area contributed by atoms with Crippen LogP contribution in [0.2, 0.25) is 0 Å². The molecular formula is C32H54N8O4. The third-order valence-corrected chi connectivity index (χ3v) is 13.6. The van der Waals surface area contributed by atoms with Gasteiger partial charge in [0.2, 0.25) is 0 Å². The van der Waals surface area contributed by atoms with E-state index >= 15 is 0 Å². The molecule has 0 radical (unpaired) electrons. The summed E-state index contributed by atoms with van der Waals surface area (Å²) in [5.41, 5.74) is 1.08. The van der Waals surface area contributed by atoms with Crippen molar-refractivity contribution in [2.24, 2.45) is 41.4 Å². The van der Waals surface area contributed by atoms with Crippen molar-refractivity contribution >= 4 is 0 Å². The summed E-state index contributed by atoms with van der Waals surface area (Å²) in [6.07, 6.45) is 9.59. The summed E-state index contributed by atoms with van der Waals surface area (Å²) in [5.74, 6) is 2.17. The van der Waals surface area contributed by atoms with E-state index in [0.29, 0.717) is 0 Å².